The van der Waals surface area contributed by atoms with Crippen LogP contribution in [0.5, 0.6) is 0 Å². The Bertz CT molecular complexity index is 755. The summed E-state index contributed by atoms with van der Waals surface area (Å²) in [4.78, 5) is 11.7. The molecule has 0 bridgehead atoms. The number of aliphatic imine (C=N–C) groups is 1. The number of guanidine groups is 1. The Morgan fingerprint density at radius 1 is 1.32 bits per heavy atom. The van der Waals surface area contributed by atoms with Gasteiger partial charge in [0.25, 0.3) is 0 Å². The number of nitrogens with zero attached hydrogens (tertiary/aromatic N) is 3. The number of hydrogen-bond acceptors (Lipinski definition) is 4. The number of aryl methyl sites for hydroxylation is 1. The fourth-order valence-electron chi connectivity index (χ4n) is 3.38. The highest BCUT2D eigenvalue weighted by atomic mass is 127. The van der Waals surface area contributed by atoms with E-state index in [9.17, 15) is 0 Å². The molecule has 1 atom stereocenters. The normalized spacial score (nSPS) is 15.2. The molecule has 0 amide bonds. The largest absolute Gasteiger partial charge is 0.372 e. The molecule has 1 saturated heterocycles. The molecule has 1 aliphatic heterocycles. The van der Waals surface area contributed by atoms with Crippen LogP contribution in [-0.4, -0.2) is 37.1 Å². The summed E-state index contributed by atoms with van der Waals surface area (Å²) in [5.74, 6) is 0.864. The first-order valence-corrected chi connectivity index (χ1v) is 10.8. The summed E-state index contributed by atoms with van der Waals surface area (Å²) in [6.07, 6.45) is 3.47. The first kappa shape index (κ1) is 22.9. The van der Waals surface area contributed by atoms with Gasteiger partial charge in [-0.05, 0) is 51.3 Å². The topological polar surface area (TPSA) is 52.6 Å². The lowest BCUT2D eigenvalue weighted by Crippen LogP contribution is -2.39. The number of anilines is 1. The number of hydrogen-bond donors (Lipinski definition) is 2. The van der Waals surface area contributed by atoms with E-state index in [0.717, 1.165) is 36.2 Å². The van der Waals surface area contributed by atoms with E-state index in [0.29, 0.717) is 0 Å². The van der Waals surface area contributed by atoms with Gasteiger partial charge in [-0.15, -0.1) is 35.3 Å². The molecule has 5 nitrogen and oxygen atoms in total. The van der Waals surface area contributed by atoms with Crippen LogP contribution < -0.4 is 15.5 Å². The highest BCUT2D eigenvalue weighted by Gasteiger charge is 2.14. The second-order valence-corrected chi connectivity index (χ2v) is 8.09. The minimum atomic E-state index is 0. The average Bonchev–Trinajstić information content (AvgIpc) is 3.34. The highest BCUT2D eigenvalue weighted by Crippen LogP contribution is 2.23. The van der Waals surface area contributed by atoms with Crippen molar-refractivity contribution < 1.29 is 0 Å². The third-order valence-electron chi connectivity index (χ3n) is 4.84. The van der Waals surface area contributed by atoms with Crippen molar-refractivity contribution >= 4 is 47.0 Å². The number of halogens is 1. The van der Waals surface area contributed by atoms with Crippen molar-refractivity contribution in [3.05, 3.63) is 45.9 Å². The van der Waals surface area contributed by atoms with E-state index >= 15 is 0 Å². The maximum Gasteiger partial charge on any atom is 0.191 e. The third-order valence-corrected chi connectivity index (χ3v) is 5.67. The molecule has 28 heavy (non-hydrogen) atoms. The van der Waals surface area contributed by atoms with Crippen LogP contribution in [0.1, 0.15) is 49.0 Å². The summed E-state index contributed by atoms with van der Waals surface area (Å²) in [5.41, 5.74) is 3.75. The molecule has 1 aliphatic rings. The SMILES string of the molecule is CCNC(=NCCc1csc(C)n1)NC(C)c1cccc(N2CCCC2)c1.I. The quantitative estimate of drug-likeness (QED) is 0.325. The Morgan fingerprint density at radius 2 is 2.11 bits per heavy atom. The van der Waals surface area contributed by atoms with Crippen LogP contribution in [0.25, 0.3) is 0 Å². The molecule has 0 spiro atoms. The van der Waals surface area contributed by atoms with Crippen molar-refractivity contribution in [1.29, 1.82) is 0 Å². The summed E-state index contributed by atoms with van der Waals surface area (Å²) in [5, 5.41) is 10.1. The zero-order valence-electron chi connectivity index (χ0n) is 17.1. The van der Waals surface area contributed by atoms with Gasteiger partial charge in [-0.1, -0.05) is 12.1 Å². The lowest BCUT2D eigenvalue weighted by Gasteiger charge is -2.22. The minimum absolute atomic E-state index is 0. The van der Waals surface area contributed by atoms with Crippen LogP contribution in [0, 0.1) is 6.92 Å². The fraction of sp³-hybridized carbons (Fsp3) is 0.524. The summed E-state index contributed by atoms with van der Waals surface area (Å²) in [6, 6.07) is 9.09. The van der Waals surface area contributed by atoms with E-state index in [-0.39, 0.29) is 30.0 Å². The molecule has 0 radical (unpaired) electrons. The van der Waals surface area contributed by atoms with Gasteiger partial charge in [-0.25, -0.2) is 4.98 Å². The first-order chi connectivity index (χ1) is 13.2. The van der Waals surface area contributed by atoms with Crippen molar-refractivity contribution in [3.63, 3.8) is 0 Å². The standard InChI is InChI=1S/C21H31N5S.HI/c1-4-22-21(23-11-10-19-15-27-17(3)25-19)24-16(2)18-8-7-9-20(14-18)26-12-5-6-13-26;/h7-9,14-16H,4-6,10-13H2,1-3H3,(H2,22,23,24);1H. The molecule has 154 valence electrons. The van der Waals surface area contributed by atoms with Gasteiger partial charge < -0.3 is 15.5 Å². The Morgan fingerprint density at radius 3 is 2.79 bits per heavy atom. The van der Waals surface area contributed by atoms with Crippen molar-refractivity contribution in [2.24, 2.45) is 4.99 Å². The summed E-state index contributed by atoms with van der Waals surface area (Å²) in [7, 11) is 0. The second-order valence-electron chi connectivity index (χ2n) is 7.02. The van der Waals surface area contributed by atoms with Gasteiger partial charge in [0.1, 0.15) is 0 Å². The van der Waals surface area contributed by atoms with Crippen molar-refractivity contribution in [1.82, 2.24) is 15.6 Å². The summed E-state index contributed by atoms with van der Waals surface area (Å²) in [6.45, 7) is 10.3. The molecule has 2 N–H and O–H groups in total. The molecular weight excluding hydrogens is 481 g/mol. The molecule has 0 saturated carbocycles. The van der Waals surface area contributed by atoms with Crippen LogP contribution in [-0.2, 0) is 6.42 Å². The zero-order valence-corrected chi connectivity index (χ0v) is 20.2. The van der Waals surface area contributed by atoms with Gasteiger partial charge in [0.2, 0.25) is 0 Å². The zero-order chi connectivity index (χ0) is 19.1. The first-order valence-electron chi connectivity index (χ1n) is 9.96. The number of rotatable bonds is 7. The fourth-order valence-corrected chi connectivity index (χ4v) is 4.03. The predicted molar refractivity (Wildman–Crippen MR) is 131 cm³/mol. The number of thiazole rings is 1. The molecule has 1 aromatic carbocycles. The molecule has 1 fully saturated rings. The number of benzene rings is 1. The Hall–Kier alpha value is -1.35. The van der Waals surface area contributed by atoms with Crippen molar-refractivity contribution in [2.45, 2.75) is 46.1 Å². The molecule has 3 rings (SSSR count). The molecule has 0 aliphatic carbocycles. The van der Waals surface area contributed by atoms with E-state index in [2.05, 4.69) is 64.0 Å². The van der Waals surface area contributed by atoms with Gasteiger partial charge >= 0.3 is 0 Å². The minimum Gasteiger partial charge on any atom is -0.372 e. The average molecular weight is 513 g/mol. The Balaban J connectivity index is 0.00000280. The Kier molecular flexibility index (Phi) is 9.50. The number of aromatic nitrogens is 1. The van der Waals surface area contributed by atoms with E-state index in [1.165, 1.54) is 37.2 Å². The van der Waals surface area contributed by atoms with E-state index in [1.54, 1.807) is 11.3 Å². The summed E-state index contributed by atoms with van der Waals surface area (Å²) < 4.78 is 0. The molecule has 1 aromatic heterocycles. The number of nitrogens with one attached hydrogen (secondary N) is 2. The van der Waals surface area contributed by atoms with E-state index in [1.807, 2.05) is 6.92 Å². The molecule has 2 aromatic rings. The molecule has 7 heteroatoms. The second kappa shape index (κ2) is 11.6. The maximum absolute atomic E-state index is 4.73. The van der Waals surface area contributed by atoms with Gasteiger partial charge in [0.15, 0.2) is 5.96 Å². The Labute approximate surface area is 190 Å². The van der Waals surface area contributed by atoms with Crippen LogP contribution in [0.15, 0.2) is 34.6 Å². The van der Waals surface area contributed by atoms with Gasteiger partial charge in [0, 0.05) is 43.7 Å². The van der Waals surface area contributed by atoms with Gasteiger partial charge in [0.05, 0.1) is 16.7 Å². The molecule has 2 heterocycles. The van der Waals surface area contributed by atoms with E-state index in [4.69, 9.17) is 4.99 Å². The molecule has 1 unspecified atom stereocenters. The van der Waals surface area contributed by atoms with Crippen LogP contribution in [0.2, 0.25) is 0 Å². The van der Waals surface area contributed by atoms with Crippen LogP contribution >= 0.6 is 35.3 Å². The van der Waals surface area contributed by atoms with Gasteiger partial charge in [-0.3, -0.25) is 4.99 Å². The predicted octanol–water partition coefficient (Wildman–Crippen LogP) is 4.53. The summed E-state index contributed by atoms with van der Waals surface area (Å²) >= 11 is 1.70. The maximum atomic E-state index is 4.73. The monoisotopic (exact) mass is 513 g/mol. The van der Waals surface area contributed by atoms with E-state index < -0.39 is 0 Å². The smallest absolute Gasteiger partial charge is 0.191 e. The van der Waals surface area contributed by atoms with Crippen LogP contribution in [0.3, 0.4) is 0 Å². The van der Waals surface area contributed by atoms with Crippen molar-refractivity contribution in [2.75, 3.05) is 31.1 Å². The van der Waals surface area contributed by atoms with Gasteiger partial charge in [-0.2, -0.15) is 0 Å². The van der Waals surface area contributed by atoms with Crippen LogP contribution in [0.4, 0.5) is 5.69 Å². The third kappa shape index (κ3) is 6.62. The highest BCUT2D eigenvalue weighted by molar-refractivity contribution is 14.0. The molecular formula is C21H32IN5S. The van der Waals surface area contributed by atoms with Crippen molar-refractivity contribution in [3.8, 4) is 0 Å². The lowest BCUT2D eigenvalue weighted by atomic mass is 10.1. The lowest BCUT2D eigenvalue weighted by molar-refractivity contribution is 0.685.